The number of nitrogens with zero attached hydrogens (tertiary/aromatic N) is 3. The summed E-state index contributed by atoms with van der Waals surface area (Å²) in [5.41, 5.74) is 0. The predicted octanol–water partition coefficient (Wildman–Crippen LogP) is 2.78. The van der Waals surface area contributed by atoms with Crippen LogP contribution in [0.4, 0.5) is 15.0 Å². The van der Waals surface area contributed by atoms with Crippen molar-refractivity contribution in [2.45, 2.75) is 0 Å². The molecule has 0 unspecified atom stereocenters. The lowest BCUT2D eigenvalue weighted by atomic mass is 10.3. The Balaban J connectivity index is 1.38. The third-order valence-electron chi connectivity index (χ3n) is 4.07. The maximum atomic E-state index is 13.0. The number of anilines is 1. The third kappa shape index (κ3) is 4.76. The van der Waals surface area contributed by atoms with Gasteiger partial charge in [0.1, 0.15) is 24.0 Å². The predicted molar refractivity (Wildman–Crippen MR) is 98.3 cm³/mol. The quantitative estimate of drug-likeness (QED) is 0.813. The molecule has 3 rings (SSSR count). The fraction of sp³-hybridized carbons (Fsp3) is 0.333. The molecule has 8 heteroatoms. The van der Waals surface area contributed by atoms with E-state index < -0.39 is 5.82 Å². The Bertz CT molecular complexity index is 739. The molecule has 0 aliphatic carbocycles. The molecular weight excluding hydrogens is 359 g/mol. The second kappa shape index (κ2) is 8.71. The molecule has 1 aromatic heterocycles. The van der Waals surface area contributed by atoms with Gasteiger partial charge in [0.05, 0.1) is 11.6 Å². The Hall–Kier alpha value is -2.54. The molecule has 1 aliphatic heterocycles. The number of hydrogen-bond acceptors (Lipinski definition) is 4. The molecule has 0 saturated carbocycles. The van der Waals surface area contributed by atoms with E-state index in [0.717, 1.165) is 18.9 Å². The summed E-state index contributed by atoms with van der Waals surface area (Å²) in [6.45, 7) is 3.34. The molecule has 0 spiro atoms. The maximum Gasteiger partial charge on any atom is 0.317 e. The molecule has 138 valence electrons. The fourth-order valence-corrected chi connectivity index (χ4v) is 2.92. The largest absolute Gasteiger partial charge is 0.490 e. The second-order valence-electron chi connectivity index (χ2n) is 5.82. The number of aromatic nitrogens is 1. The number of hydrogen-bond donors (Lipinski definition) is 1. The Morgan fingerprint density at radius 3 is 2.73 bits per heavy atom. The van der Waals surface area contributed by atoms with Crippen LogP contribution in [0.3, 0.4) is 0 Å². The van der Waals surface area contributed by atoms with E-state index in [1.54, 1.807) is 11.1 Å². The van der Waals surface area contributed by atoms with Crippen LogP contribution in [0, 0.1) is 5.82 Å². The molecule has 2 amide bonds. The van der Waals surface area contributed by atoms with Gasteiger partial charge in [0.2, 0.25) is 0 Å². The number of halogens is 2. The molecule has 26 heavy (non-hydrogen) atoms. The summed E-state index contributed by atoms with van der Waals surface area (Å²) in [6, 6.07) is 9.62. The van der Waals surface area contributed by atoms with E-state index >= 15 is 0 Å². The molecule has 0 radical (unpaired) electrons. The lowest BCUT2D eigenvalue weighted by Crippen LogP contribution is -2.52. The highest BCUT2D eigenvalue weighted by Crippen LogP contribution is 2.24. The molecule has 1 fully saturated rings. The number of ether oxygens (including phenoxy) is 1. The van der Waals surface area contributed by atoms with Crippen molar-refractivity contribution in [2.75, 3.05) is 44.2 Å². The molecular formula is C18H20ClFN4O2. The van der Waals surface area contributed by atoms with E-state index in [1.807, 2.05) is 18.2 Å². The van der Waals surface area contributed by atoms with Gasteiger partial charge in [-0.25, -0.2) is 14.2 Å². The van der Waals surface area contributed by atoms with Crippen LogP contribution in [-0.4, -0.2) is 55.2 Å². The van der Waals surface area contributed by atoms with Crippen molar-refractivity contribution < 1.29 is 13.9 Å². The van der Waals surface area contributed by atoms with Gasteiger partial charge in [0.15, 0.2) is 0 Å². The maximum absolute atomic E-state index is 13.0. The Labute approximate surface area is 156 Å². The van der Waals surface area contributed by atoms with Crippen molar-refractivity contribution >= 4 is 23.4 Å². The first kappa shape index (κ1) is 18.3. The van der Waals surface area contributed by atoms with Crippen LogP contribution in [0.1, 0.15) is 0 Å². The molecule has 0 atom stereocenters. The number of pyridine rings is 1. The number of benzene rings is 1. The average molecular weight is 379 g/mol. The number of nitrogens with one attached hydrogen (secondary N) is 1. The van der Waals surface area contributed by atoms with Gasteiger partial charge in [0.25, 0.3) is 0 Å². The first-order valence-electron chi connectivity index (χ1n) is 8.40. The minimum Gasteiger partial charge on any atom is -0.490 e. The Morgan fingerprint density at radius 2 is 2.04 bits per heavy atom. The van der Waals surface area contributed by atoms with Gasteiger partial charge in [-0.3, -0.25) is 0 Å². The van der Waals surface area contributed by atoms with E-state index in [4.69, 9.17) is 16.3 Å². The van der Waals surface area contributed by atoms with Crippen LogP contribution in [0.5, 0.6) is 5.75 Å². The number of piperazine rings is 1. The number of rotatable bonds is 5. The second-order valence-corrected chi connectivity index (χ2v) is 6.22. The van der Waals surface area contributed by atoms with Crippen molar-refractivity contribution in [3.63, 3.8) is 0 Å². The number of carbonyl (C=O) groups excluding carboxylic acids is 1. The summed E-state index contributed by atoms with van der Waals surface area (Å²) in [5, 5.41) is 3.03. The summed E-state index contributed by atoms with van der Waals surface area (Å²) in [7, 11) is 0. The molecule has 1 aromatic carbocycles. The molecule has 0 bridgehead atoms. The van der Waals surface area contributed by atoms with Crippen molar-refractivity contribution in [1.29, 1.82) is 0 Å². The zero-order valence-electron chi connectivity index (χ0n) is 14.2. The summed E-state index contributed by atoms with van der Waals surface area (Å²) in [4.78, 5) is 20.5. The number of urea groups is 1. The van der Waals surface area contributed by atoms with Crippen molar-refractivity contribution in [1.82, 2.24) is 15.2 Å². The zero-order valence-corrected chi connectivity index (χ0v) is 15.0. The van der Waals surface area contributed by atoms with Crippen LogP contribution in [0.15, 0.2) is 42.6 Å². The van der Waals surface area contributed by atoms with Gasteiger partial charge in [-0.1, -0.05) is 17.7 Å². The molecule has 1 saturated heterocycles. The van der Waals surface area contributed by atoms with Gasteiger partial charge in [-0.2, -0.15) is 0 Å². The Morgan fingerprint density at radius 1 is 1.23 bits per heavy atom. The molecule has 6 nitrogen and oxygen atoms in total. The highest BCUT2D eigenvalue weighted by atomic mass is 35.5. The normalized spacial score (nSPS) is 14.2. The highest BCUT2D eigenvalue weighted by Gasteiger charge is 2.21. The van der Waals surface area contributed by atoms with Gasteiger partial charge in [0, 0.05) is 32.4 Å². The summed E-state index contributed by atoms with van der Waals surface area (Å²) >= 11 is 5.89. The third-order valence-corrected chi connectivity index (χ3v) is 4.37. The van der Waals surface area contributed by atoms with E-state index in [2.05, 4.69) is 15.2 Å². The van der Waals surface area contributed by atoms with Crippen molar-refractivity contribution in [3.8, 4) is 5.75 Å². The van der Waals surface area contributed by atoms with Crippen molar-refractivity contribution in [3.05, 3.63) is 53.4 Å². The van der Waals surface area contributed by atoms with E-state index in [9.17, 15) is 9.18 Å². The first-order chi connectivity index (χ1) is 12.6. The molecule has 2 heterocycles. The standard InChI is InChI=1S/C18H20ClFN4O2/c19-15-13-14(20)4-5-16(15)26-12-7-22-18(25)24-10-8-23(9-11-24)17-3-1-2-6-21-17/h1-6,13H,7-12H2,(H,22,25). The summed E-state index contributed by atoms with van der Waals surface area (Å²) in [6.07, 6.45) is 1.77. The lowest BCUT2D eigenvalue weighted by molar-refractivity contribution is 0.191. The monoisotopic (exact) mass is 378 g/mol. The number of amides is 2. The Kier molecular flexibility index (Phi) is 6.12. The van der Waals surface area contributed by atoms with Crippen LogP contribution >= 0.6 is 11.6 Å². The number of carbonyl (C=O) groups is 1. The van der Waals surface area contributed by atoms with E-state index in [1.165, 1.54) is 18.2 Å². The van der Waals surface area contributed by atoms with E-state index in [0.29, 0.717) is 25.4 Å². The van der Waals surface area contributed by atoms with Gasteiger partial charge < -0.3 is 19.9 Å². The molecule has 2 aromatic rings. The minimum atomic E-state index is -0.416. The van der Waals surface area contributed by atoms with Gasteiger partial charge in [-0.05, 0) is 30.3 Å². The highest BCUT2D eigenvalue weighted by molar-refractivity contribution is 6.32. The average Bonchev–Trinajstić information content (AvgIpc) is 2.67. The van der Waals surface area contributed by atoms with E-state index in [-0.39, 0.29) is 17.7 Å². The summed E-state index contributed by atoms with van der Waals surface area (Å²) in [5.74, 6) is 0.906. The van der Waals surface area contributed by atoms with Gasteiger partial charge in [-0.15, -0.1) is 0 Å². The van der Waals surface area contributed by atoms with Crippen LogP contribution in [-0.2, 0) is 0 Å². The van der Waals surface area contributed by atoms with Crippen molar-refractivity contribution in [2.24, 2.45) is 0 Å². The smallest absolute Gasteiger partial charge is 0.317 e. The summed E-state index contributed by atoms with van der Waals surface area (Å²) < 4.78 is 18.4. The topological polar surface area (TPSA) is 57.7 Å². The SMILES string of the molecule is O=C(NCCOc1ccc(F)cc1Cl)N1CCN(c2ccccn2)CC1. The molecule has 1 aliphatic rings. The van der Waals surface area contributed by atoms with Crippen LogP contribution < -0.4 is 15.0 Å². The van der Waals surface area contributed by atoms with Gasteiger partial charge >= 0.3 is 6.03 Å². The fourth-order valence-electron chi connectivity index (χ4n) is 2.70. The first-order valence-corrected chi connectivity index (χ1v) is 8.78. The lowest BCUT2D eigenvalue weighted by Gasteiger charge is -2.35. The minimum absolute atomic E-state index is 0.125. The van der Waals surface area contributed by atoms with Crippen LogP contribution in [0.25, 0.3) is 0 Å². The molecule has 1 N–H and O–H groups in total. The van der Waals surface area contributed by atoms with Crippen LogP contribution in [0.2, 0.25) is 5.02 Å². The zero-order chi connectivity index (χ0) is 18.4.